The molecule has 4 aliphatic carbocycles. The van der Waals surface area contributed by atoms with Crippen molar-refractivity contribution in [3.63, 3.8) is 0 Å². The molecule has 4 saturated carbocycles. The van der Waals surface area contributed by atoms with Gasteiger partial charge in [-0.3, -0.25) is 4.79 Å². The minimum Gasteiger partial charge on any atom is -0.414 e. The van der Waals surface area contributed by atoms with E-state index in [1.165, 1.54) is 51.4 Å². The van der Waals surface area contributed by atoms with Crippen LogP contribution in [0.1, 0.15) is 92.4 Å². The quantitative estimate of drug-likeness (QED) is 0.282. The lowest BCUT2D eigenvalue weighted by molar-refractivity contribution is -0.137. The molecule has 0 N–H and O–H groups in total. The maximum absolute atomic E-state index is 12.7. The van der Waals surface area contributed by atoms with Crippen LogP contribution < -0.4 is 0 Å². The van der Waals surface area contributed by atoms with Crippen molar-refractivity contribution < 1.29 is 9.22 Å². The molecule has 2 nitrogen and oxygen atoms in total. The molecule has 4 heteroatoms. The van der Waals surface area contributed by atoms with Gasteiger partial charge in [0.1, 0.15) is 5.78 Å². The Labute approximate surface area is 201 Å². The molecule has 2 unspecified atom stereocenters. The predicted molar refractivity (Wildman–Crippen MR) is 136 cm³/mol. The van der Waals surface area contributed by atoms with Crippen LogP contribution in [-0.4, -0.2) is 25.5 Å². The number of Topliss-reactive ketones (excluding diaryl/α,β-unsaturated/α-hetero) is 1. The molecule has 31 heavy (non-hydrogen) atoms. The van der Waals surface area contributed by atoms with Crippen LogP contribution in [0.4, 0.5) is 0 Å². The first-order chi connectivity index (χ1) is 14.3. The summed E-state index contributed by atoms with van der Waals surface area (Å²) in [5.41, 5.74) is 0.757. The van der Waals surface area contributed by atoms with E-state index < -0.39 is 8.32 Å². The number of ketones is 1. The van der Waals surface area contributed by atoms with Gasteiger partial charge >= 0.3 is 0 Å². The van der Waals surface area contributed by atoms with E-state index >= 15 is 0 Å². The largest absolute Gasteiger partial charge is 0.414 e. The topological polar surface area (TPSA) is 26.3 Å². The Hall–Kier alpha value is 0.327. The maximum atomic E-state index is 12.7. The summed E-state index contributed by atoms with van der Waals surface area (Å²) in [6.07, 6.45) is 12.2. The molecule has 178 valence electrons. The minimum atomic E-state index is -1.69. The summed E-state index contributed by atoms with van der Waals surface area (Å²) in [5.74, 6) is 4.10. The third-order valence-electron chi connectivity index (χ3n) is 11.4. The normalized spacial score (nSPS) is 45.5. The van der Waals surface area contributed by atoms with Crippen LogP contribution in [0.5, 0.6) is 0 Å². The zero-order chi connectivity index (χ0) is 22.8. The van der Waals surface area contributed by atoms with Crippen LogP contribution in [0.25, 0.3) is 0 Å². The molecule has 0 aromatic carbocycles. The average molecular weight is 512 g/mol. The Kier molecular flexibility index (Phi) is 6.48. The van der Waals surface area contributed by atoms with Crippen molar-refractivity contribution in [1.82, 2.24) is 0 Å². The molecule has 4 aliphatic rings. The number of carbonyl (C=O) groups is 1. The summed E-state index contributed by atoms with van der Waals surface area (Å²) in [4.78, 5) is 12.7. The molecule has 0 aromatic rings. The van der Waals surface area contributed by atoms with Gasteiger partial charge in [0, 0.05) is 12.0 Å². The van der Waals surface area contributed by atoms with E-state index in [9.17, 15) is 4.79 Å². The van der Waals surface area contributed by atoms with Gasteiger partial charge < -0.3 is 4.43 Å². The molecule has 0 heterocycles. The second-order valence-electron chi connectivity index (χ2n) is 13.7. The molecule has 8 atom stereocenters. The summed E-state index contributed by atoms with van der Waals surface area (Å²) < 4.78 is 6.91. The second kappa shape index (κ2) is 8.22. The predicted octanol–water partition coefficient (Wildman–Crippen LogP) is 8.00. The van der Waals surface area contributed by atoms with E-state index in [0.717, 1.165) is 30.1 Å². The standard InChI is InChI=1S/C27H47BrO2Si/c1-25(2,3)31(6,7)30-19-12-14-26(4)18(16-19)8-9-20-21-10-11-23(24(29)17-28)27(21,5)15-13-22(20)26/h18-23H,8-17H2,1-7H3/t18?,19?,20-,21-,22-,23+,26-,27-/m0/s1. The van der Waals surface area contributed by atoms with Crippen molar-refractivity contribution in [2.75, 3.05) is 5.33 Å². The fourth-order valence-corrected chi connectivity index (χ4v) is 10.3. The molecule has 0 amide bonds. The number of fused-ring (bicyclic) bond motifs is 5. The van der Waals surface area contributed by atoms with Crippen LogP contribution in [0, 0.1) is 40.4 Å². The Balaban J connectivity index is 1.48. The van der Waals surface area contributed by atoms with E-state index in [1.807, 2.05) is 0 Å². The molecule has 4 rings (SSSR count). The molecule has 0 radical (unpaired) electrons. The lowest BCUT2D eigenvalue weighted by atomic mass is 9.44. The van der Waals surface area contributed by atoms with Crippen molar-refractivity contribution in [1.29, 1.82) is 0 Å². The van der Waals surface area contributed by atoms with Crippen LogP contribution in [-0.2, 0) is 9.22 Å². The third kappa shape index (κ3) is 3.97. The lowest BCUT2D eigenvalue weighted by Crippen LogP contribution is -2.55. The van der Waals surface area contributed by atoms with Gasteiger partial charge in [0.05, 0.1) is 5.33 Å². The Bertz CT molecular complexity index is 700. The summed E-state index contributed by atoms with van der Waals surface area (Å²) in [6, 6.07) is 0. The highest BCUT2D eigenvalue weighted by molar-refractivity contribution is 9.09. The van der Waals surface area contributed by atoms with Gasteiger partial charge in [0.2, 0.25) is 0 Å². The first-order valence-electron chi connectivity index (χ1n) is 13.1. The second-order valence-corrected chi connectivity index (χ2v) is 19.0. The minimum absolute atomic E-state index is 0.262. The Morgan fingerprint density at radius 3 is 2.26 bits per heavy atom. The summed E-state index contributed by atoms with van der Waals surface area (Å²) in [5, 5.41) is 0.842. The Morgan fingerprint density at radius 2 is 1.61 bits per heavy atom. The molecular formula is C27H47BrO2Si. The van der Waals surface area contributed by atoms with Gasteiger partial charge in [-0.15, -0.1) is 0 Å². The van der Waals surface area contributed by atoms with Gasteiger partial charge in [0.25, 0.3) is 0 Å². The number of alkyl halides is 1. The van der Waals surface area contributed by atoms with Crippen molar-refractivity contribution >= 4 is 30.0 Å². The van der Waals surface area contributed by atoms with Crippen molar-refractivity contribution in [2.24, 2.45) is 40.4 Å². The number of rotatable bonds is 4. The highest BCUT2D eigenvalue weighted by Crippen LogP contribution is 2.67. The van der Waals surface area contributed by atoms with Crippen LogP contribution in [0.2, 0.25) is 18.1 Å². The molecule has 0 spiro atoms. The van der Waals surface area contributed by atoms with Gasteiger partial charge in [-0.05, 0) is 110 Å². The number of hydrogen-bond donors (Lipinski definition) is 0. The Morgan fingerprint density at radius 1 is 0.968 bits per heavy atom. The van der Waals surface area contributed by atoms with Gasteiger partial charge in [-0.2, -0.15) is 0 Å². The number of halogens is 1. The smallest absolute Gasteiger partial charge is 0.192 e. The highest BCUT2D eigenvalue weighted by Gasteiger charge is 2.61. The zero-order valence-electron chi connectivity index (χ0n) is 21.2. The molecule has 4 fully saturated rings. The monoisotopic (exact) mass is 510 g/mol. The van der Waals surface area contributed by atoms with E-state index in [4.69, 9.17) is 4.43 Å². The average Bonchev–Trinajstić information content (AvgIpc) is 3.04. The van der Waals surface area contributed by atoms with Crippen molar-refractivity contribution in [3.05, 3.63) is 0 Å². The lowest BCUT2D eigenvalue weighted by Gasteiger charge is -2.61. The summed E-state index contributed by atoms with van der Waals surface area (Å²) >= 11 is 3.47. The molecular weight excluding hydrogens is 464 g/mol. The third-order valence-corrected chi connectivity index (χ3v) is 16.5. The fraction of sp³-hybridized carbons (Fsp3) is 0.963. The fourth-order valence-electron chi connectivity index (χ4n) is 8.54. The van der Waals surface area contributed by atoms with Crippen molar-refractivity contribution in [2.45, 2.75) is 117 Å². The van der Waals surface area contributed by atoms with E-state index in [0.29, 0.717) is 33.6 Å². The van der Waals surface area contributed by atoms with Gasteiger partial charge in [0.15, 0.2) is 8.32 Å². The van der Waals surface area contributed by atoms with Gasteiger partial charge in [-0.25, -0.2) is 0 Å². The van der Waals surface area contributed by atoms with E-state index in [1.54, 1.807) is 0 Å². The number of hydrogen-bond acceptors (Lipinski definition) is 2. The SMILES string of the molecule is CC(C)(C)[Si](C)(C)OC1CC[C@@]2(C)C(CC[C@H]3[C@@H]4CC[C@H](C(=O)CBr)[C@@]4(C)CC[C@@H]32)C1. The van der Waals surface area contributed by atoms with E-state index in [-0.39, 0.29) is 5.41 Å². The molecule has 0 aromatic heterocycles. The molecule has 0 aliphatic heterocycles. The van der Waals surface area contributed by atoms with Crippen LogP contribution in [0.15, 0.2) is 0 Å². The first-order valence-corrected chi connectivity index (χ1v) is 17.1. The maximum Gasteiger partial charge on any atom is 0.192 e. The van der Waals surface area contributed by atoms with Crippen LogP contribution in [0.3, 0.4) is 0 Å². The van der Waals surface area contributed by atoms with E-state index in [2.05, 4.69) is 63.6 Å². The van der Waals surface area contributed by atoms with Gasteiger partial charge in [-0.1, -0.05) is 50.5 Å². The molecule has 0 bridgehead atoms. The first kappa shape index (κ1) is 24.5. The summed E-state index contributed by atoms with van der Waals surface area (Å²) in [6.45, 7) is 17.1. The molecule has 0 saturated heterocycles. The van der Waals surface area contributed by atoms with Crippen molar-refractivity contribution in [3.8, 4) is 0 Å². The summed E-state index contributed by atoms with van der Waals surface area (Å²) in [7, 11) is -1.69. The highest BCUT2D eigenvalue weighted by atomic mass is 79.9. The van der Waals surface area contributed by atoms with Crippen LogP contribution >= 0.6 is 15.9 Å². The zero-order valence-corrected chi connectivity index (χ0v) is 23.8. The number of carbonyl (C=O) groups excluding carboxylic acids is 1.